The minimum atomic E-state index is -3.13. The highest BCUT2D eigenvalue weighted by molar-refractivity contribution is 7.91. The van der Waals surface area contributed by atoms with Crippen LogP contribution in [0, 0.1) is 0 Å². The molecule has 1 atom stereocenters. The van der Waals surface area contributed by atoms with E-state index in [1.54, 1.807) is 20.8 Å². The summed E-state index contributed by atoms with van der Waals surface area (Å²) >= 11 is 0. The molecule has 1 unspecified atom stereocenters. The van der Waals surface area contributed by atoms with Crippen molar-refractivity contribution in [1.29, 1.82) is 0 Å². The van der Waals surface area contributed by atoms with E-state index in [2.05, 4.69) is 5.32 Å². The largest absolute Gasteiger partial charge is 0.383 e. The van der Waals surface area contributed by atoms with E-state index >= 15 is 0 Å². The molecule has 1 aliphatic rings. The van der Waals surface area contributed by atoms with Crippen molar-refractivity contribution < 1.29 is 22.7 Å². The van der Waals surface area contributed by atoms with Crippen LogP contribution in [0.1, 0.15) is 27.2 Å². The van der Waals surface area contributed by atoms with Crippen LogP contribution in [0.3, 0.4) is 0 Å². The van der Waals surface area contributed by atoms with E-state index in [4.69, 9.17) is 4.74 Å². The first-order chi connectivity index (χ1) is 9.56. The Hall–Kier alpha value is -1.15. The summed E-state index contributed by atoms with van der Waals surface area (Å²) in [4.78, 5) is 25.6. The van der Waals surface area contributed by atoms with Crippen LogP contribution < -0.4 is 5.32 Å². The molecule has 8 heteroatoms. The third kappa shape index (κ3) is 5.62. The van der Waals surface area contributed by atoms with Crippen LogP contribution in [-0.2, 0) is 24.2 Å². The molecule has 122 valence electrons. The second kappa shape index (κ2) is 6.74. The number of carbonyl (C=O) groups is 2. The Kier molecular flexibility index (Phi) is 5.75. The molecule has 0 saturated carbocycles. The predicted molar refractivity (Wildman–Crippen MR) is 78.5 cm³/mol. The molecule has 21 heavy (non-hydrogen) atoms. The Balaban J connectivity index is 2.82. The molecule has 0 aliphatic carbocycles. The standard InChI is InChI=1S/C13H24N2O5S/c1-13(2,3)14-11(16)12(17)15(6-7-20-4)10-5-8-21(18,19)9-10/h10H,5-9H2,1-4H3,(H,14,16). The molecule has 0 radical (unpaired) electrons. The second-order valence-corrected chi connectivity index (χ2v) is 8.48. The van der Waals surface area contributed by atoms with Gasteiger partial charge in [-0.1, -0.05) is 0 Å². The van der Waals surface area contributed by atoms with Gasteiger partial charge in [-0.05, 0) is 27.2 Å². The third-order valence-corrected chi connectivity index (χ3v) is 4.88. The molecular weight excluding hydrogens is 296 g/mol. The molecule has 1 rings (SSSR count). The number of nitrogens with one attached hydrogen (secondary N) is 1. The van der Waals surface area contributed by atoms with Gasteiger partial charge in [-0.3, -0.25) is 9.59 Å². The lowest BCUT2D eigenvalue weighted by atomic mass is 10.1. The van der Waals surface area contributed by atoms with Gasteiger partial charge in [0, 0.05) is 25.2 Å². The lowest BCUT2D eigenvalue weighted by Gasteiger charge is -2.29. The first-order valence-electron chi connectivity index (χ1n) is 6.88. The molecule has 1 saturated heterocycles. The van der Waals surface area contributed by atoms with Crippen LogP contribution in [-0.4, -0.2) is 68.5 Å². The normalized spacial score (nSPS) is 21.0. The maximum Gasteiger partial charge on any atom is 0.312 e. The van der Waals surface area contributed by atoms with E-state index in [-0.39, 0.29) is 24.7 Å². The Bertz CT molecular complexity index is 495. The summed E-state index contributed by atoms with van der Waals surface area (Å²) < 4.78 is 28.1. The Morgan fingerprint density at radius 3 is 2.38 bits per heavy atom. The SMILES string of the molecule is COCCN(C(=O)C(=O)NC(C)(C)C)C1CCS(=O)(=O)C1. The van der Waals surface area contributed by atoms with Crippen LogP contribution in [0.25, 0.3) is 0 Å². The van der Waals surface area contributed by atoms with Crippen LogP contribution in [0.15, 0.2) is 0 Å². The van der Waals surface area contributed by atoms with E-state index < -0.39 is 33.2 Å². The van der Waals surface area contributed by atoms with Crippen LogP contribution >= 0.6 is 0 Å². The van der Waals surface area contributed by atoms with Crippen LogP contribution in [0.2, 0.25) is 0 Å². The molecular formula is C13H24N2O5S. The van der Waals surface area contributed by atoms with Gasteiger partial charge in [-0.2, -0.15) is 0 Å². The van der Waals surface area contributed by atoms with Gasteiger partial charge >= 0.3 is 11.8 Å². The predicted octanol–water partition coefficient (Wildman–Crippen LogP) is -0.437. The number of methoxy groups -OCH3 is 1. The summed E-state index contributed by atoms with van der Waals surface area (Å²) in [5.41, 5.74) is -0.526. The Morgan fingerprint density at radius 1 is 1.33 bits per heavy atom. The molecule has 0 bridgehead atoms. The molecule has 0 aromatic carbocycles. The fourth-order valence-electron chi connectivity index (χ4n) is 2.19. The molecule has 0 spiro atoms. The van der Waals surface area contributed by atoms with E-state index in [0.717, 1.165) is 0 Å². The topological polar surface area (TPSA) is 92.8 Å². The summed E-state index contributed by atoms with van der Waals surface area (Å²) in [5, 5.41) is 2.60. The average molecular weight is 320 g/mol. The van der Waals surface area contributed by atoms with Gasteiger partial charge in [0.25, 0.3) is 0 Å². The highest BCUT2D eigenvalue weighted by Gasteiger charge is 2.37. The fourth-order valence-corrected chi connectivity index (χ4v) is 3.92. The third-order valence-electron chi connectivity index (χ3n) is 3.13. The van der Waals surface area contributed by atoms with Crippen molar-refractivity contribution in [1.82, 2.24) is 10.2 Å². The Labute approximate surface area is 125 Å². The molecule has 1 fully saturated rings. The average Bonchev–Trinajstić information content (AvgIpc) is 2.67. The number of ether oxygens (including phenoxy) is 1. The summed E-state index contributed by atoms with van der Waals surface area (Å²) in [6, 6.07) is -0.455. The van der Waals surface area contributed by atoms with Gasteiger partial charge in [0.15, 0.2) is 9.84 Å². The number of hydrogen-bond acceptors (Lipinski definition) is 5. The molecule has 0 aromatic heterocycles. The highest BCUT2D eigenvalue weighted by Crippen LogP contribution is 2.18. The molecule has 7 nitrogen and oxygen atoms in total. The number of carbonyl (C=O) groups excluding carboxylic acids is 2. The molecule has 1 aliphatic heterocycles. The molecule has 1 heterocycles. The minimum Gasteiger partial charge on any atom is -0.383 e. The van der Waals surface area contributed by atoms with Crippen LogP contribution in [0.4, 0.5) is 0 Å². The monoisotopic (exact) mass is 320 g/mol. The number of amides is 2. The van der Waals surface area contributed by atoms with Crippen LogP contribution in [0.5, 0.6) is 0 Å². The van der Waals surface area contributed by atoms with E-state index in [9.17, 15) is 18.0 Å². The zero-order chi connectivity index (χ0) is 16.3. The first-order valence-corrected chi connectivity index (χ1v) is 8.70. The number of rotatable bonds is 4. The van der Waals surface area contributed by atoms with Crippen molar-refractivity contribution in [3.63, 3.8) is 0 Å². The van der Waals surface area contributed by atoms with E-state index in [1.807, 2.05) is 0 Å². The van der Waals surface area contributed by atoms with Gasteiger partial charge in [0.1, 0.15) is 0 Å². The highest BCUT2D eigenvalue weighted by atomic mass is 32.2. The summed E-state index contributed by atoms with van der Waals surface area (Å²) in [6.45, 7) is 5.78. The zero-order valence-electron chi connectivity index (χ0n) is 13.0. The van der Waals surface area contributed by atoms with Gasteiger partial charge in [0.05, 0.1) is 18.1 Å². The summed E-state index contributed by atoms with van der Waals surface area (Å²) in [6.07, 6.45) is 0.362. The van der Waals surface area contributed by atoms with Crippen molar-refractivity contribution in [3.8, 4) is 0 Å². The lowest BCUT2D eigenvalue weighted by molar-refractivity contribution is -0.148. The fraction of sp³-hybridized carbons (Fsp3) is 0.846. The minimum absolute atomic E-state index is 0.0509. The number of hydrogen-bond donors (Lipinski definition) is 1. The summed E-state index contributed by atoms with van der Waals surface area (Å²) in [5.74, 6) is -1.47. The van der Waals surface area contributed by atoms with Crippen molar-refractivity contribution >= 4 is 21.7 Å². The molecule has 2 amide bonds. The smallest absolute Gasteiger partial charge is 0.312 e. The molecule has 1 N–H and O–H groups in total. The van der Waals surface area contributed by atoms with Gasteiger partial charge < -0.3 is 15.0 Å². The number of nitrogens with zero attached hydrogens (tertiary/aromatic N) is 1. The molecule has 0 aromatic rings. The van der Waals surface area contributed by atoms with E-state index in [1.165, 1.54) is 12.0 Å². The maximum atomic E-state index is 12.3. The van der Waals surface area contributed by atoms with Crippen molar-refractivity contribution in [2.75, 3.05) is 31.8 Å². The first kappa shape index (κ1) is 17.9. The van der Waals surface area contributed by atoms with Crippen molar-refractivity contribution in [2.24, 2.45) is 0 Å². The van der Waals surface area contributed by atoms with Crippen molar-refractivity contribution in [3.05, 3.63) is 0 Å². The van der Waals surface area contributed by atoms with Crippen molar-refractivity contribution in [2.45, 2.75) is 38.8 Å². The maximum absolute atomic E-state index is 12.3. The zero-order valence-corrected chi connectivity index (χ0v) is 13.8. The lowest BCUT2D eigenvalue weighted by Crippen LogP contribution is -2.53. The van der Waals surface area contributed by atoms with E-state index in [0.29, 0.717) is 6.42 Å². The number of sulfone groups is 1. The quantitative estimate of drug-likeness (QED) is 0.709. The second-order valence-electron chi connectivity index (χ2n) is 6.25. The van der Waals surface area contributed by atoms with Gasteiger partial charge in [-0.15, -0.1) is 0 Å². The van der Waals surface area contributed by atoms with Gasteiger partial charge in [-0.25, -0.2) is 8.42 Å². The van der Waals surface area contributed by atoms with Gasteiger partial charge in [0.2, 0.25) is 0 Å². The summed E-state index contributed by atoms with van der Waals surface area (Å²) in [7, 11) is -1.64. The Morgan fingerprint density at radius 2 is 1.95 bits per heavy atom.